The van der Waals surface area contributed by atoms with Gasteiger partial charge in [-0.25, -0.2) is 0 Å². The van der Waals surface area contributed by atoms with Gasteiger partial charge in [0.15, 0.2) is 0 Å². The smallest absolute Gasteiger partial charge is 0.312 e. The van der Waals surface area contributed by atoms with Gasteiger partial charge in [0.05, 0.1) is 23.2 Å². The van der Waals surface area contributed by atoms with Crippen LogP contribution >= 0.6 is 0 Å². The standard InChI is InChI=1S/C17H20N4O4/c1-11-10-25-15-7-5-4-6-14(15)20(11)16(22)8-9-19-13(3)17(21(23)24)12(2)18-19/h4-7,11H,8-10H2,1-3H3/t11-/m1/s1. The van der Waals surface area contributed by atoms with Crippen molar-refractivity contribution < 1.29 is 14.5 Å². The third-order valence-corrected chi connectivity index (χ3v) is 4.38. The number of anilines is 1. The summed E-state index contributed by atoms with van der Waals surface area (Å²) in [6, 6.07) is 7.36. The molecule has 8 heteroatoms. The topological polar surface area (TPSA) is 90.5 Å². The van der Waals surface area contributed by atoms with Crippen molar-refractivity contribution in [2.24, 2.45) is 0 Å². The van der Waals surface area contributed by atoms with Gasteiger partial charge in [-0.05, 0) is 32.9 Å². The highest BCUT2D eigenvalue weighted by molar-refractivity contribution is 5.95. The predicted molar refractivity (Wildman–Crippen MR) is 91.9 cm³/mol. The number of para-hydroxylation sites is 2. The quantitative estimate of drug-likeness (QED) is 0.628. The Bertz CT molecular complexity index is 830. The van der Waals surface area contributed by atoms with Gasteiger partial charge in [0.25, 0.3) is 0 Å². The second kappa shape index (κ2) is 6.54. The van der Waals surface area contributed by atoms with Gasteiger partial charge in [-0.1, -0.05) is 12.1 Å². The molecule has 0 aliphatic carbocycles. The Labute approximate surface area is 145 Å². The fourth-order valence-electron chi connectivity index (χ4n) is 3.17. The Morgan fingerprint density at radius 3 is 2.80 bits per heavy atom. The molecule has 0 fully saturated rings. The van der Waals surface area contributed by atoms with Gasteiger partial charge >= 0.3 is 5.69 Å². The highest BCUT2D eigenvalue weighted by atomic mass is 16.6. The zero-order valence-corrected chi connectivity index (χ0v) is 14.4. The van der Waals surface area contributed by atoms with Crippen molar-refractivity contribution in [3.05, 3.63) is 45.8 Å². The van der Waals surface area contributed by atoms with Crippen LogP contribution in [-0.2, 0) is 11.3 Å². The van der Waals surface area contributed by atoms with Gasteiger partial charge in [-0.2, -0.15) is 5.10 Å². The lowest BCUT2D eigenvalue weighted by Crippen LogP contribution is -2.45. The summed E-state index contributed by atoms with van der Waals surface area (Å²) in [5.74, 6) is 0.633. The molecule has 1 aliphatic rings. The number of aromatic nitrogens is 2. The first-order chi connectivity index (χ1) is 11.9. The largest absolute Gasteiger partial charge is 0.489 e. The molecule has 1 aliphatic heterocycles. The number of nitrogens with zero attached hydrogens (tertiary/aromatic N) is 4. The number of carbonyl (C=O) groups is 1. The molecule has 0 saturated carbocycles. The van der Waals surface area contributed by atoms with E-state index in [9.17, 15) is 14.9 Å². The van der Waals surface area contributed by atoms with Gasteiger partial charge in [-0.3, -0.25) is 19.6 Å². The number of hydrogen-bond acceptors (Lipinski definition) is 5. The van der Waals surface area contributed by atoms with Crippen molar-refractivity contribution in [3.8, 4) is 5.75 Å². The van der Waals surface area contributed by atoms with Crippen LogP contribution in [0.4, 0.5) is 11.4 Å². The summed E-state index contributed by atoms with van der Waals surface area (Å²) in [6.45, 7) is 5.92. The van der Waals surface area contributed by atoms with E-state index >= 15 is 0 Å². The van der Waals surface area contributed by atoms with Gasteiger partial charge in [0.2, 0.25) is 5.91 Å². The summed E-state index contributed by atoms with van der Waals surface area (Å²) < 4.78 is 7.19. The fourth-order valence-corrected chi connectivity index (χ4v) is 3.17. The van der Waals surface area contributed by atoms with E-state index < -0.39 is 4.92 Å². The lowest BCUT2D eigenvalue weighted by Gasteiger charge is -2.35. The Morgan fingerprint density at radius 2 is 2.12 bits per heavy atom. The molecule has 1 aromatic heterocycles. The van der Waals surface area contributed by atoms with E-state index in [1.54, 1.807) is 18.7 Å². The fraction of sp³-hybridized carbons (Fsp3) is 0.412. The summed E-state index contributed by atoms with van der Waals surface area (Å²) in [4.78, 5) is 25.2. The molecule has 0 radical (unpaired) electrons. The molecule has 2 aromatic rings. The molecule has 1 atom stereocenters. The van der Waals surface area contributed by atoms with Crippen molar-refractivity contribution in [1.82, 2.24) is 9.78 Å². The maximum Gasteiger partial charge on any atom is 0.312 e. The summed E-state index contributed by atoms with van der Waals surface area (Å²) in [5.41, 5.74) is 1.59. The van der Waals surface area contributed by atoms with E-state index in [1.165, 1.54) is 4.68 Å². The van der Waals surface area contributed by atoms with E-state index in [4.69, 9.17) is 4.74 Å². The lowest BCUT2D eigenvalue weighted by molar-refractivity contribution is -0.386. The van der Waals surface area contributed by atoms with Crippen molar-refractivity contribution in [1.29, 1.82) is 0 Å². The SMILES string of the molecule is Cc1nn(CCC(=O)N2c3ccccc3OC[C@H]2C)c(C)c1[N+](=O)[O-]. The number of amides is 1. The number of benzene rings is 1. The molecule has 3 rings (SSSR count). The minimum atomic E-state index is -0.434. The number of fused-ring (bicyclic) bond motifs is 1. The molecule has 0 saturated heterocycles. The van der Waals surface area contributed by atoms with Crippen LogP contribution in [0.25, 0.3) is 0 Å². The van der Waals surface area contributed by atoms with E-state index in [0.717, 1.165) is 5.69 Å². The average molecular weight is 344 g/mol. The minimum Gasteiger partial charge on any atom is -0.489 e. The zero-order chi connectivity index (χ0) is 18.1. The van der Waals surface area contributed by atoms with E-state index in [-0.39, 0.29) is 24.1 Å². The minimum absolute atomic E-state index is 0.0116. The number of aryl methyl sites for hydroxylation is 2. The van der Waals surface area contributed by atoms with Gasteiger partial charge in [-0.15, -0.1) is 0 Å². The van der Waals surface area contributed by atoms with Crippen LogP contribution in [0.3, 0.4) is 0 Å². The Hall–Kier alpha value is -2.90. The zero-order valence-electron chi connectivity index (χ0n) is 14.4. The number of ether oxygens (including phenoxy) is 1. The molecule has 1 aromatic carbocycles. The van der Waals surface area contributed by atoms with E-state index in [1.807, 2.05) is 31.2 Å². The van der Waals surface area contributed by atoms with Crippen LogP contribution in [0, 0.1) is 24.0 Å². The molecule has 132 valence electrons. The maximum absolute atomic E-state index is 12.8. The highest BCUT2D eigenvalue weighted by Gasteiger charge is 2.29. The maximum atomic E-state index is 12.8. The first kappa shape index (κ1) is 16.9. The van der Waals surface area contributed by atoms with Crippen LogP contribution in [0.15, 0.2) is 24.3 Å². The van der Waals surface area contributed by atoms with E-state index in [2.05, 4.69) is 5.10 Å². The Morgan fingerprint density at radius 1 is 1.40 bits per heavy atom. The van der Waals surface area contributed by atoms with Crippen LogP contribution in [0.5, 0.6) is 5.75 Å². The second-order valence-corrected chi connectivity index (χ2v) is 6.14. The molecule has 0 unspecified atom stereocenters. The van der Waals surface area contributed by atoms with Crippen molar-refractivity contribution >= 4 is 17.3 Å². The summed E-state index contributed by atoms with van der Waals surface area (Å²) in [5, 5.41) is 15.3. The average Bonchev–Trinajstić information content (AvgIpc) is 2.86. The Kier molecular flexibility index (Phi) is 4.43. The molecule has 0 spiro atoms. The first-order valence-corrected chi connectivity index (χ1v) is 8.12. The second-order valence-electron chi connectivity index (χ2n) is 6.14. The molecule has 0 bridgehead atoms. The van der Waals surface area contributed by atoms with Gasteiger partial charge < -0.3 is 9.64 Å². The molecular formula is C17H20N4O4. The molecule has 8 nitrogen and oxygen atoms in total. The number of nitro groups is 1. The first-order valence-electron chi connectivity index (χ1n) is 8.12. The van der Waals surface area contributed by atoms with Gasteiger partial charge in [0, 0.05) is 6.42 Å². The van der Waals surface area contributed by atoms with Crippen LogP contribution in [0.2, 0.25) is 0 Å². The van der Waals surface area contributed by atoms with Crippen molar-refractivity contribution in [2.75, 3.05) is 11.5 Å². The molecule has 1 amide bonds. The van der Waals surface area contributed by atoms with Crippen molar-refractivity contribution in [3.63, 3.8) is 0 Å². The summed E-state index contributed by atoms with van der Waals surface area (Å²) >= 11 is 0. The molecular weight excluding hydrogens is 324 g/mol. The van der Waals surface area contributed by atoms with E-state index in [0.29, 0.717) is 30.3 Å². The van der Waals surface area contributed by atoms with Gasteiger partial charge in [0.1, 0.15) is 23.7 Å². The summed E-state index contributed by atoms with van der Waals surface area (Å²) in [7, 11) is 0. The number of carbonyl (C=O) groups excluding carboxylic acids is 1. The normalized spacial score (nSPS) is 16.3. The monoisotopic (exact) mass is 344 g/mol. The molecule has 25 heavy (non-hydrogen) atoms. The highest BCUT2D eigenvalue weighted by Crippen LogP contribution is 2.34. The Balaban J connectivity index is 1.78. The predicted octanol–water partition coefficient (Wildman–Crippen LogP) is 2.61. The lowest BCUT2D eigenvalue weighted by atomic mass is 10.1. The summed E-state index contributed by atoms with van der Waals surface area (Å²) in [6.07, 6.45) is 0.206. The third-order valence-electron chi connectivity index (χ3n) is 4.38. The van der Waals surface area contributed by atoms with Crippen molar-refractivity contribution in [2.45, 2.75) is 39.8 Å². The van der Waals surface area contributed by atoms with Crippen LogP contribution in [0.1, 0.15) is 24.7 Å². The number of hydrogen-bond donors (Lipinski definition) is 0. The third kappa shape index (κ3) is 3.07. The van der Waals surface area contributed by atoms with Crippen LogP contribution in [-0.4, -0.2) is 33.3 Å². The van der Waals surface area contributed by atoms with Crippen LogP contribution < -0.4 is 9.64 Å². The molecule has 2 heterocycles. The number of rotatable bonds is 4. The molecule has 0 N–H and O–H groups in total.